The highest BCUT2D eigenvalue weighted by atomic mass is 16.5. The number of para-hydroxylation sites is 2. The van der Waals surface area contributed by atoms with Crippen LogP contribution in [0.15, 0.2) is 53.6 Å². The van der Waals surface area contributed by atoms with E-state index in [1.165, 1.54) is 0 Å². The first-order valence-corrected chi connectivity index (χ1v) is 8.38. The largest absolute Gasteiger partial charge is 0.491 e. The molecule has 3 aromatic rings. The highest BCUT2D eigenvalue weighted by Crippen LogP contribution is 2.21. The van der Waals surface area contributed by atoms with Gasteiger partial charge in [-0.25, -0.2) is 4.98 Å². The summed E-state index contributed by atoms with van der Waals surface area (Å²) in [6.07, 6.45) is 1.57. The third-order valence-electron chi connectivity index (χ3n) is 4.09. The molecule has 0 aliphatic carbocycles. The number of aryl methyl sites for hydroxylation is 2. The Labute approximate surface area is 146 Å². The predicted molar refractivity (Wildman–Crippen MR) is 98.2 cm³/mol. The summed E-state index contributed by atoms with van der Waals surface area (Å²) in [5, 5.41) is 0.628. The van der Waals surface area contributed by atoms with E-state index < -0.39 is 0 Å². The van der Waals surface area contributed by atoms with Gasteiger partial charge in [0.2, 0.25) is 0 Å². The predicted octanol–water partition coefficient (Wildman–Crippen LogP) is 3.11. The van der Waals surface area contributed by atoms with E-state index in [9.17, 15) is 4.79 Å². The van der Waals surface area contributed by atoms with Crippen molar-refractivity contribution < 1.29 is 9.47 Å². The zero-order valence-electron chi connectivity index (χ0n) is 14.6. The molecule has 0 radical (unpaired) electrons. The topological polar surface area (TPSA) is 53.4 Å². The molecule has 0 unspecified atom stereocenters. The van der Waals surface area contributed by atoms with Gasteiger partial charge in [0.1, 0.15) is 12.4 Å². The van der Waals surface area contributed by atoms with Gasteiger partial charge in [-0.1, -0.05) is 30.3 Å². The summed E-state index contributed by atoms with van der Waals surface area (Å²) in [6.45, 7) is 5.93. The number of benzene rings is 2. The smallest absolute Gasteiger partial charge is 0.261 e. The fourth-order valence-corrected chi connectivity index (χ4v) is 2.76. The molecule has 0 amide bonds. The molecule has 0 aliphatic rings. The second-order valence-corrected chi connectivity index (χ2v) is 5.94. The van der Waals surface area contributed by atoms with Crippen molar-refractivity contribution in [1.82, 2.24) is 9.55 Å². The van der Waals surface area contributed by atoms with Crippen LogP contribution in [0.2, 0.25) is 0 Å². The van der Waals surface area contributed by atoms with Gasteiger partial charge in [0, 0.05) is 0 Å². The monoisotopic (exact) mass is 338 g/mol. The minimum absolute atomic E-state index is 0.0408. The van der Waals surface area contributed by atoms with Gasteiger partial charge in [-0.15, -0.1) is 0 Å². The third kappa shape index (κ3) is 4.06. The van der Waals surface area contributed by atoms with Gasteiger partial charge in [0.05, 0.1) is 37.0 Å². The fourth-order valence-electron chi connectivity index (χ4n) is 2.76. The third-order valence-corrected chi connectivity index (χ3v) is 4.09. The maximum absolute atomic E-state index is 12.4. The lowest BCUT2D eigenvalue weighted by Gasteiger charge is -2.12. The van der Waals surface area contributed by atoms with E-state index in [2.05, 4.69) is 4.98 Å². The Hall–Kier alpha value is -2.66. The molecule has 0 bridgehead atoms. The molecule has 0 fully saturated rings. The van der Waals surface area contributed by atoms with Crippen LogP contribution >= 0.6 is 0 Å². The van der Waals surface area contributed by atoms with Crippen LogP contribution in [0.5, 0.6) is 5.75 Å². The van der Waals surface area contributed by atoms with Crippen LogP contribution in [-0.2, 0) is 11.3 Å². The number of ether oxygens (including phenoxy) is 2. The van der Waals surface area contributed by atoms with Crippen LogP contribution in [0.1, 0.15) is 11.1 Å². The van der Waals surface area contributed by atoms with Gasteiger partial charge in [0.15, 0.2) is 0 Å². The number of hydrogen-bond donors (Lipinski definition) is 0. The normalized spacial score (nSPS) is 11.0. The van der Waals surface area contributed by atoms with Crippen LogP contribution < -0.4 is 10.3 Å². The van der Waals surface area contributed by atoms with E-state index in [-0.39, 0.29) is 5.56 Å². The summed E-state index contributed by atoms with van der Waals surface area (Å²) >= 11 is 0. The molecule has 0 atom stereocenters. The van der Waals surface area contributed by atoms with E-state index in [1.54, 1.807) is 17.0 Å². The molecule has 5 nitrogen and oxygen atoms in total. The van der Waals surface area contributed by atoms with Gasteiger partial charge >= 0.3 is 0 Å². The van der Waals surface area contributed by atoms with Crippen molar-refractivity contribution in [3.8, 4) is 5.75 Å². The molecular formula is C20H22N2O3. The first-order chi connectivity index (χ1) is 12.2. The molecule has 5 heteroatoms. The van der Waals surface area contributed by atoms with Gasteiger partial charge in [-0.05, 0) is 37.1 Å². The van der Waals surface area contributed by atoms with Crippen molar-refractivity contribution in [1.29, 1.82) is 0 Å². The van der Waals surface area contributed by atoms with Crippen molar-refractivity contribution in [2.75, 3.05) is 19.8 Å². The summed E-state index contributed by atoms with van der Waals surface area (Å²) < 4.78 is 13.0. The van der Waals surface area contributed by atoms with Gasteiger partial charge in [-0.3, -0.25) is 9.36 Å². The van der Waals surface area contributed by atoms with Gasteiger partial charge in [-0.2, -0.15) is 0 Å². The van der Waals surface area contributed by atoms with E-state index in [4.69, 9.17) is 9.47 Å². The van der Waals surface area contributed by atoms with Crippen molar-refractivity contribution in [2.24, 2.45) is 0 Å². The Balaban J connectivity index is 1.48. The van der Waals surface area contributed by atoms with Crippen molar-refractivity contribution in [3.63, 3.8) is 0 Å². The molecule has 0 spiro atoms. The first-order valence-electron chi connectivity index (χ1n) is 8.38. The maximum Gasteiger partial charge on any atom is 0.261 e. The molecule has 25 heavy (non-hydrogen) atoms. The molecule has 2 aromatic carbocycles. The number of nitrogens with zero attached hydrogens (tertiary/aromatic N) is 2. The molecule has 130 valence electrons. The van der Waals surface area contributed by atoms with Crippen molar-refractivity contribution in [2.45, 2.75) is 20.4 Å². The maximum atomic E-state index is 12.4. The Morgan fingerprint density at radius 1 is 0.960 bits per heavy atom. The fraction of sp³-hybridized carbons (Fsp3) is 0.300. The lowest BCUT2D eigenvalue weighted by Crippen LogP contribution is -2.23. The summed E-state index contributed by atoms with van der Waals surface area (Å²) in [5.41, 5.74) is 2.91. The molecular weight excluding hydrogens is 316 g/mol. The second-order valence-electron chi connectivity index (χ2n) is 5.94. The average molecular weight is 338 g/mol. The minimum Gasteiger partial charge on any atom is -0.491 e. The standard InChI is InChI=1S/C20H22N2O3/c1-15-6-5-7-16(2)19(15)25-13-12-24-11-10-22-14-21-18-9-4-3-8-17(18)20(22)23/h3-9,14H,10-13H2,1-2H3. The van der Waals surface area contributed by atoms with E-state index >= 15 is 0 Å². The number of aromatic nitrogens is 2. The summed E-state index contributed by atoms with van der Waals surface area (Å²) in [4.78, 5) is 16.6. The summed E-state index contributed by atoms with van der Waals surface area (Å²) in [6, 6.07) is 13.4. The quantitative estimate of drug-likeness (QED) is 0.621. The van der Waals surface area contributed by atoms with Gasteiger partial charge < -0.3 is 9.47 Å². The van der Waals surface area contributed by atoms with E-state index in [1.807, 2.05) is 50.2 Å². The average Bonchev–Trinajstić information content (AvgIpc) is 2.62. The highest BCUT2D eigenvalue weighted by Gasteiger charge is 2.04. The number of rotatable bonds is 7. The van der Waals surface area contributed by atoms with Crippen LogP contribution in [-0.4, -0.2) is 29.4 Å². The summed E-state index contributed by atoms with van der Waals surface area (Å²) in [7, 11) is 0. The molecule has 0 saturated heterocycles. The SMILES string of the molecule is Cc1cccc(C)c1OCCOCCn1cnc2ccccc2c1=O. The molecule has 1 aromatic heterocycles. The number of hydrogen-bond acceptors (Lipinski definition) is 4. The second kappa shape index (κ2) is 7.94. The van der Waals surface area contributed by atoms with Gasteiger partial charge in [0.25, 0.3) is 5.56 Å². The lowest BCUT2D eigenvalue weighted by molar-refractivity contribution is 0.0934. The minimum atomic E-state index is -0.0408. The molecule has 0 saturated carbocycles. The Bertz CT molecular complexity index is 898. The van der Waals surface area contributed by atoms with E-state index in [0.717, 1.165) is 16.9 Å². The number of fused-ring (bicyclic) bond motifs is 1. The van der Waals surface area contributed by atoms with E-state index in [0.29, 0.717) is 37.3 Å². The highest BCUT2D eigenvalue weighted by molar-refractivity contribution is 5.76. The Morgan fingerprint density at radius 2 is 1.72 bits per heavy atom. The van der Waals surface area contributed by atoms with Crippen molar-refractivity contribution >= 4 is 10.9 Å². The Kier molecular flexibility index (Phi) is 5.46. The van der Waals surface area contributed by atoms with Crippen LogP contribution in [0.3, 0.4) is 0 Å². The zero-order chi connectivity index (χ0) is 17.6. The lowest BCUT2D eigenvalue weighted by atomic mass is 10.1. The molecule has 3 rings (SSSR count). The van der Waals surface area contributed by atoms with Crippen LogP contribution in [0.4, 0.5) is 0 Å². The first kappa shape index (κ1) is 17.2. The molecule has 0 N–H and O–H groups in total. The van der Waals surface area contributed by atoms with Crippen molar-refractivity contribution in [3.05, 3.63) is 70.3 Å². The molecule has 1 heterocycles. The van der Waals surface area contributed by atoms with Crippen LogP contribution in [0.25, 0.3) is 10.9 Å². The zero-order valence-corrected chi connectivity index (χ0v) is 14.6. The van der Waals surface area contributed by atoms with Crippen LogP contribution in [0, 0.1) is 13.8 Å². The summed E-state index contributed by atoms with van der Waals surface area (Å²) in [5.74, 6) is 0.918. The Morgan fingerprint density at radius 3 is 2.52 bits per heavy atom. The molecule has 0 aliphatic heterocycles.